The minimum absolute atomic E-state index is 0.0104. The second-order valence-electron chi connectivity index (χ2n) is 4.48. The molecule has 1 amide bonds. The first-order valence-corrected chi connectivity index (χ1v) is 7.36. The second kappa shape index (κ2) is 6.05. The van der Waals surface area contributed by atoms with Crippen molar-refractivity contribution in [2.45, 2.75) is 25.7 Å². The summed E-state index contributed by atoms with van der Waals surface area (Å²) < 4.78 is 0.941. The molecule has 0 bridgehead atoms. The average Bonchev–Trinajstić information content (AvgIpc) is 2.82. The van der Waals surface area contributed by atoms with Crippen LogP contribution in [0, 0.1) is 9.49 Å². The summed E-state index contributed by atoms with van der Waals surface area (Å²) in [5, 5.41) is 3.61. The monoisotopic (exact) mass is 363 g/mol. The van der Waals surface area contributed by atoms with E-state index in [-0.39, 0.29) is 5.91 Å². The smallest absolute Gasteiger partial charge is 0.252 e. The predicted octanol–water partition coefficient (Wildman–Crippen LogP) is 3.86. The van der Waals surface area contributed by atoms with Gasteiger partial charge in [-0.3, -0.25) is 4.79 Å². The van der Waals surface area contributed by atoms with Crippen molar-refractivity contribution in [1.29, 1.82) is 0 Å². The van der Waals surface area contributed by atoms with E-state index in [2.05, 4.69) is 27.9 Å². The summed E-state index contributed by atoms with van der Waals surface area (Å²) in [6, 6.07) is 5.40. The molecule has 0 unspecified atom stereocenters. The van der Waals surface area contributed by atoms with Crippen molar-refractivity contribution in [2.75, 3.05) is 6.54 Å². The Morgan fingerprint density at radius 2 is 2.12 bits per heavy atom. The summed E-state index contributed by atoms with van der Waals surface area (Å²) in [5.74, 6) is 0.652. The maximum absolute atomic E-state index is 12.0. The highest BCUT2D eigenvalue weighted by Gasteiger charge is 2.17. The van der Waals surface area contributed by atoms with Crippen molar-refractivity contribution < 1.29 is 4.79 Å². The number of hydrogen-bond donors (Lipinski definition) is 1. The molecule has 0 radical (unpaired) electrons. The largest absolute Gasteiger partial charge is 0.352 e. The molecule has 2 nitrogen and oxygen atoms in total. The highest BCUT2D eigenvalue weighted by molar-refractivity contribution is 14.1. The van der Waals surface area contributed by atoms with Gasteiger partial charge in [-0.15, -0.1) is 0 Å². The maximum atomic E-state index is 12.0. The highest BCUT2D eigenvalue weighted by Crippen LogP contribution is 2.24. The van der Waals surface area contributed by atoms with Gasteiger partial charge in [0.2, 0.25) is 0 Å². The Morgan fingerprint density at radius 3 is 2.82 bits per heavy atom. The Morgan fingerprint density at radius 1 is 1.41 bits per heavy atom. The Hall–Kier alpha value is -0.290. The first-order chi connectivity index (χ1) is 8.16. The van der Waals surface area contributed by atoms with Gasteiger partial charge in [-0.2, -0.15) is 0 Å². The van der Waals surface area contributed by atoms with E-state index in [9.17, 15) is 4.79 Å². The van der Waals surface area contributed by atoms with E-state index in [1.807, 2.05) is 6.07 Å². The van der Waals surface area contributed by atoms with Crippen LogP contribution in [-0.2, 0) is 0 Å². The number of nitrogens with one attached hydrogen (secondary N) is 1. The van der Waals surface area contributed by atoms with Gasteiger partial charge < -0.3 is 5.32 Å². The zero-order valence-electron chi connectivity index (χ0n) is 9.51. The van der Waals surface area contributed by atoms with Crippen LogP contribution in [0.4, 0.5) is 0 Å². The third kappa shape index (κ3) is 3.58. The Balaban J connectivity index is 1.96. The Kier molecular flexibility index (Phi) is 4.68. The summed E-state index contributed by atoms with van der Waals surface area (Å²) in [6.45, 7) is 0.793. The molecule has 1 aromatic carbocycles. The molecule has 0 aromatic heterocycles. The summed E-state index contributed by atoms with van der Waals surface area (Å²) in [4.78, 5) is 12.0. The normalized spacial score (nSPS) is 16.1. The van der Waals surface area contributed by atoms with Gasteiger partial charge in [0.05, 0.1) is 5.56 Å². The van der Waals surface area contributed by atoms with E-state index < -0.39 is 0 Å². The summed E-state index contributed by atoms with van der Waals surface area (Å²) >= 11 is 8.07. The van der Waals surface area contributed by atoms with Crippen LogP contribution in [-0.4, -0.2) is 12.5 Å². The lowest BCUT2D eigenvalue weighted by atomic mass is 10.1. The van der Waals surface area contributed by atoms with Crippen molar-refractivity contribution in [3.63, 3.8) is 0 Å². The number of rotatable bonds is 3. The topological polar surface area (TPSA) is 29.1 Å². The number of hydrogen-bond acceptors (Lipinski definition) is 1. The van der Waals surface area contributed by atoms with Gasteiger partial charge in [0.15, 0.2) is 0 Å². The van der Waals surface area contributed by atoms with Gasteiger partial charge in [0, 0.05) is 15.1 Å². The summed E-state index contributed by atoms with van der Waals surface area (Å²) in [7, 11) is 0. The molecule has 1 fully saturated rings. The molecular formula is C13H15ClINO. The van der Waals surface area contributed by atoms with E-state index in [0.717, 1.165) is 10.1 Å². The van der Waals surface area contributed by atoms with Gasteiger partial charge in [0.25, 0.3) is 5.91 Å². The lowest BCUT2D eigenvalue weighted by Crippen LogP contribution is -2.28. The zero-order chi connectivity index (χ0) is 12.3. The molecule has 1 saturated carbocycles. The Labute approximate surface area is 120 Å². The first kappa shape index (κ1) is 13.1. The third-order valence-electron chi connectivity index (χ3n) is 3.20. The van der Waals surface area contributed by atoms with Crippen LogP contribution in [0.15, 0.2) is 18.2 Å². The maximum Gasteiger partial charge on any atom is 0.252 e. The van der Waals surface area contributed by atoms with E-state index in [1.54, 1.807) is 12.1 Å². The standard InChI is InChI=1S/C13H15ClINO/c14-10-5-6-12(15)11(7-10)13(17)16-8-9-3-1-2-4-9/h5-7,9H,1-4,8H2,(H,16,17). The van der Waals surface area contributed by atoms with Gasteiger partial charge in [-0.05, 0) is 59.5 Å². The third-order valence-corrected chi connectivity index (χ3v) is 4.37. The van der Waals surface area contributed by atoms with E-state index >= 15 is 0 Å². The number of amides is 1. The SMILES string of the molecule is O=C(NCC1CCCC1)c1cc(Cl)ccc1I. The van der Waals surface area contributed by atoms with Gasteiger partial charge in [-0.25, -0.2) is 0 Å². The van der Waals surface area contributed by atoms with Crippen LogP contribution < -0.4 is 5.32 Å². The molecule has 0 atom stereocenters. The summed E-state index contributed by atoms with van der Waals surface area (Å²) in [5.41, 5.74) is 0.677. The first-order valence-electron chi connectivity index (χ1n) is 5.90. The molecule has 1 aliphatic carbocycles. The zero-order valence-corrected chi connectivity index (χ0v) is 12.4. The number of benzene rings is 1. The molecule has 0 spiro atoms. The van der Waals surface area contributed by atoms with Crippen LogP contribution in [0.1, 0.15) is 36.0 Å². The summed E-state index contributed by atoms with van der Waals surface area (Å²) in [6.07, 6.45) is 5.09. The fourth-order valence-electron chi connectivity index (χ4n) is 2.22. The van der Waals surface area contributed by atoms with Crippen LogP contribution in [0.2, 0.25) is 5.02 Å². The van der Waals surface area contributed by atoms with Crippen molar-refractivity contribution in [3.8, 4) is 0 Å². The molecule has 1 aliphatic rings. The van der Waals surface area contributed by atoms with E-state index in [4.69, 9.17) is 11.6 Å². The molecule has 0 heterocycles. The van der Waals surface area contributed by atoms with E-state index in [0.29, 0.717) is 16.5 Å². The van der Waals surface area contributed by atoms with Crippen LogP contribution >= 0.6 is 34.2 Å². The fourth-order valence-corrected chi connectivity index (χ4v) is 2.97. The fraction of sp³-hybridized carbons (Fsp3) is 0.462. The molecule has 92 valence electrons. The van der Waals surface area contributed by atoms with Gasteiger partial charge >= 0.3 is 0 Å². The van der Waals surface area contributed by atoms with Crippen LogP contribution in [0.5, 0.6) is 0 Å². The van der Waals surface area contributed by atoms with Crippen molar-refractivity contribution in [2.24, 2.45) is 5.92 Å². The number of carbonyl (C=O) groups is 1. The van der Waals surface area contributed by atoms with E-state index in [1.165, 1.54) is 25.7 Å². The molecule has 4 heteroatoms. The lowest BCUT2D eigenvalue weighted by Gasteiger charge is -2.11. The number of halogens is 2. The predicted molar refractivity (Wildman–Crippen MR) is 78.5 cm³/mol. The van der Waals surface area contributed by atoms with Gasteiger partial charge in [0.1, 0.15) is 0 Å². The lowest BCUT2D eigenvalue weighted by molar-refractivity contribution is 0.0946. The average molecular weight is 364 g/mol. The molecular weight excluding hydrogens is 349 g/mol. The minimum Gasteiger partial charge on any atom is -0.352 e. The molecule has 17 heavy (non-hydrogen) atoms. The van der Waals surface area contributed by atoms with Crippen molar-refractivity contribution in [3.05, 3.63) is 32.4 Å². The Bertz CT molecular complexity index is 416. The van der Waals surface area contributed by atoms with Crippen molar-refractivity contribution >= 4 is 40.1 Å². The van der Waals surface area contributed by atoms with Gasteiger partial charge in [-0.1, -0.05) is 24.4 Å². The van der Waals surface area contributed by atoms with Crippen molar-refractivity contribution in [1.82, 2.24) is 5.32 Å². The van der Waals surface area contributed by atoms with Crippen LogP contribution in [0.3, 0.4) is 0 Å². The molecule has 1 aromatic rings. The molecule has 1 N–H and O–H groups in total. The van der Waals surface area contributed by atoms with Crippen LogP contribution in [0.25, 0.3) is 0 Å². The quantitative estimate of drug-likeness (QED) is 0.812. The number of carbonyl (C=O) groups excluding carboxylic acids is 1. The molecule has 2 rings (SSSR count). The second-order valence-corrected chi connectivity index (χ2v) is 6.08. The molecule has 0 saturated heterocycles. The minimum atomic E-state index is -0.0104. The molecule has 0 aliphatic heterocycles. The highest BCUT2D eigenvalue weighted by atomic mass is 127.